The lowest BCUT2D eigenvalue weighted by Gasteiger charge is -2.17. The molecule has 1 aromatic rings. The normalized spacial score (nSPS) is 13.2. The largest absolute Gasteiger partial charge is 0.508 e. The van der Waals surface area contributed by atoms with Gasteiger partial charge in [0.15, 0.2) is 0 Å². The van der Waals surface area contributed by atoms with Gasteiger partial charge in [-0.3, -0.25) is 0 Å². The number of aromatic hydroxyl groups is 1. The molecule has 0 aromatic heterocycles. The summed E-state index contributed by atoms with van der Waals surface area (Å²) in [5, 5.41) is 12.2. The summed E-state index contributed by atoms with van der Waals surface area (Å²) in [4.78, 5) is 0. The third kappa shape index (κ3) is 2.70. The highest BCUT2D eigenvalue weighted by Gasteiger charge is 2.11. The molecule has 2 nitrogen and oxygen atoms in total. The lowest BCUT2D eigenvalue weighted by Crippen LogP contribution is -2.26. The van der Waals surface area contributed by atoms with Crippen LogP contribution in [0, 0.1) is 5.82 Å². The smallest absolute Gasteiger partial charge is 0.131 e. The first-order valence-electron chi connectivity index (χ1n) is 4.75. The molecule has 1 atom stereocenters. The molecule has 0 radical (unpaired) electrons. The molecule has 0 heterocycles. The second-order valence-corrected chi connectivity index (χ2v) is 3.75. The summed E-state index contributed by atoms with van der Waals surface area (Å²) in [5.74, 6) is -0.409. The van der Waals surface area contributed by atoms with Gasteiger partial charge in [-0.15, -0.1) is 0 Å². The summed E-state index contributed by atoms with van der Waals surface area (Å²) < 4.78 is 13.4. The molecule has 14 heavy (non-hydrogen) atoms. The molecule has 0 aliphatic heterocycles. The second kappa shape index (κ2) is 4.42. The molecule has 2 N–H and O–H groups in total. The molecule has 0 aliphatic carbocycles. The van der Waals surface area contributed by atoms with Crippen molar-refractivity contribution in [3.05, 3.63) is 29.6 Å². The van der Waals surface area contributed by atoms with E-state index in [9.17, 15) is 4.39 Å². The molecule has 0 amide bonds. The number of halogens is 1. The maximum absolute atomic E-state index is 13.4. The van der Waals surface area contributed by atoms with Crippen LogP contribution in [0.4, 0.5) is 4.39 Å². The number of phenols is 1. The predicted molar refractivity (Wildman–Crippen MR) is 54.8 cm³/mol. The van der Waals surface area contributed by atoms with Crippen LogP contribution < -0.4 is 5.32 Å². The molecule has 0 fully saturated rings. The Hall–Kier alpha value is -1.09. The van der Waals surface area contributed by atoms with Crippen LogP contribution >= 0.6 is 0 Å². The van der Waals surface area contributed by atoms with E-state index in [-0.39, 0.29) is 17.6 Å². The van der Waals surface area contributed by atoms with Crippen LogP contribution in [0.1, 0.15) is 32.4 Å². The zero-order valence-corrected chi connectivity index (χ0v) is 8.71. The lowest BCUT2D eigenvalue weighted by molar-refractivity contribution is 0.457. The highest BCUT2D eigenvalue weighted by molar-refractivity contribution is 5.29. The van der Waals surface area contributed by atoms with Gasteiger partial charge >= 0.3 is 0 Å². The van der Waals surface area contributed by atoms with Gasteiger partial charge in [-0.1, -0.05) is 19.9 Å². The topological polar surface area (TPSA) is 32.3 Å². The number of phenolic OH excluding ortho intramolecular Hbond substituents is 1. The van der Waals surface area contributed by atoms with Crippen molar-refractivity contribution in [3.8, 4) is 5.75 Å². The van der Waals surface area contributed by atoms with Crippen molar-refractivity contribution in [2.45, 2.75) is 32.9 Å². The third-order valence-corrected chi connectivity index (χ3v) is 2.03. The molecular formula is C11H16FNO. The highest BCUT2D eigenvalue weighted by Crippen LogP contribution is 2.21. The van der Waals surface area contributed by atoms with Crippen molar-refractivity contribution in [1.29, 1.82) is 0 Å². The Bertz CT molecular complexity index is 312. The maximum Gasteiger partial charge on any atom is 0.131 e. The van der Waals surface area contributed by atoms with E-state index < -0.39 is 0 Å². The summed E-state index contributed by atoms with van der Waals surface area (Å²) in [6, 6.07) is 4.49. The van der Waals surface area contributed by atoms with Gasteiger partial charge < -0.3 is 10.4 Å². The Morgan fingerprint density at radius 2 is 1.93 bits per heavy atom. The van der Waals surface area contributed by atoms with Crippen molar-refractivity contribution in [2.75, 3.05) is 0 Å². The molecule has 0 bridgehead atoms. The standard InChI is InChI=1S/C11H16FNO/c1-7(2)13-8(3)10-5-4-9(14)6-11(10)12/h4-8,13-14H,1-3H3. The first-order chi connectivity index (χ1) is 6.50. The van der Waals surface area contributed by atoms with E-state index in [1.807, 2.05) is 20.8 Å². The van der Waals surface area contributed by atoms with Gasteiger partial charge in [0.25, 0.3) is 0 Å². The van der Waals surface area contributed by atoms with E-state index >= 15 is 0 Å². The van der Waals surface area contributed by atoms with Gasteiger partial charge in [0.1, 0.15) is 11.6 Å². The van der Waals surface area contributed by atoms with Crippen LogP contribution in [0.5, 0.6) is 5.75 Å². The fourth-order valence-electron chi connectivity index (χ4n) is 1.46. The van der Waals surface area contributed by atoms with Crippen molar-refractivity contribution >= 4 is 0 Å². The van der Waals surface area contributed by atoms with E-state index in [2.05, 4.69) is 5.32 Å². The molecular weight excluding hydrogens is 181 g/mol. The van der Waals surface area contributed by atoms with Gasteiger partial charge in [-0.25, -0.2) is 4.39 Å². The van der Waals surface area contributed by atoms with Crippen LogP contribution in [-0.4, -0.2) is 11.1 Å². The van der Waals surface area contributed by atoms with Gasteiger partial charge in [0.2, 0.25) is 0 Å². The Morgan fingerprint density at radius 1 is 1.29 bits per heavy atom. The average molecular weight is 197 g/mol. The van der Waals surface area contributed by atoms with Crippen molar-refractivity contribution < 1.29 is 9.50 Å². The molecule has 0 saturated heterocycles. The first-order valence-corrected chi connectivity index (χ1v) is 4.75. The lowest BCUT2D eigenvalue weighted by atomic mass is 10.1. The summed E-state index contributed by atoms with van der Waals surface area (Å²) in [7, 11) is 0. The van der Waals surface area contributed by atoms with E-state index in [1.54, 1.807) is 6.07 Å². The van der Waals surface area contributed by atoms with E-state index in [4.69, 9.17) is 5.11 Å². The van der Waals surface area contributed by atoms with E-state index in [1.165, 1.54) is 6.07 Å². The summed E-state index contributed by atoms with van der Waals surface area (Å²) in [5.41, 5.74) is 0.580. The van der Waals surface area contributed by atoms with Crippen LogP contribution in [0.25, 0.3) is 0 Å². The number of nitrogens with one attached hydrogen (secondary N) is 1. The molecule has 0 aliphatic rings. The number of hydrogen-bond donors (Lipinski definition) is 2. The molecule has 0 spiro atoms. The SMILES string of the molecule is CC(C)NC(C)c1ccc(O)cc1F. The van der Waals surface area contributed by atoms with E-state index in [0.29, 0.717) is 11.6 Å². The third-order valence-electron chi connectivity index (χ3n) is 2.03. The minimum absolute atomic E-state index is 0.0389. The van der Waals surface area contributed by atoms with Gasteiger partial charge in [-0.05, 0) is 13.0 Å². The Kier molecular flexibility index (Phi) is 3.47. The van der Waals surface area contributed by atoms with Crippen molar-refractivity contribution in [2.24, 2.45) is 0 Å². The Balaban J connectivity index is 2.84. The summed E-state index contributed by atoms with van der Waals surface area (Å²) >= 11 is 0. The van der Waals surface area contributed by atoms with Gasteiger partial charge in [-0.2, -0.15) is 0 Å². The van der Waals surface area contributed by atoms with E-state index in [0.717, 1.165) is 6.07 Å². The molecule has 1 unspecified atom stereocenters. The first kappa shape index (κ1) is 11.0. The number of hydrogen-bond acceptors (Lipinski definition) is 2. The quantitative estimate of drug-likeness (QED) is 0.780. The Labute approximate surface area is 83.8 Å². The van der Waals surface area contributed by atoms with Gasteiger partial charge in [0.05, 0.1) is 0 Å². The summed E-state index contributed by atoms with van der Waals surface area (Å²) in [6.07, 6.45) is 0. The van der Waals surface area contributed by atoms with Crippen molar-refractivity contribution in [1.82, 2.24) is 5.32 Å². The van der Waals surface area contributed by atoms with Crippen LogP contribution in [0.2, 0.25) is 0 Å². The molecule has 78 valence electrons. The van der Waals surface area contributed by atoms with Crippen LogP contribution in [-0.2, 0) is 0 Å². The average Bonchev–Trinajstić information content (AvgIpc) is 2.01. The molecule has 1 aromatic carbocycles. The number of benzene rings is 1. The maximum atomic E-state index is 13.4. The molecule has 0 saturated carbocycles. The minimum Gasteiger partial charge on any atom is -0.508 e. The monoisotopic (exact) mass is 197 g/mol. The zero-order valence-electron chi connectivity index (χ0n) is 8.71. The fraction of sp³-hybridized carbons (Fsp3) is 0.455. The van der Waals surface area contributed by atoms with Crippen molar-refractivity contribution in [3.63, 3.8) is 0 Å². The minimum atomic E-state index is -0.370. The Morgan fingerprint density at radius 3 is 2.43 bits per heavy atom. The fourth-order valence-corrected chi connectivity index (χ4v) is 1.46. The second-order valence-electron chi connectivity index (χ2n) is 3.75. The molecule has 1 rings (SSSR count). The van der Waals surface area contributed by atoms with Gasteiger partial charge in [0, 0.05) is 23.7 Å². The predicted octanol–water partition coefficient (Wildman–Crippen LogP) is 2.59. The van der Waals surface area contributed by atoms with Crippen LogP contribution in [0.3, 0.4) is 0 Å². The zero-order chi connectivity index (χ0) is 10.7. The summed E-state index contributed by atoms with van der Waals surface area (Å²) in [6.45, 7) is 5.92. The highest BCUT2D eigenvalue weighted by atomic mass is 19.1. The molecule has 3 heteroatoms. The number of rotatable bonds is 3. The van der Waals surface area contributed by atoms with Crippen LogP contribution in [0.15, 0.2) is 18.2 Å².